The molecule has 0 bridgehead atoms. The Kier molecular flexibility index (Phi) is 9.66. The first kappa shape index (κ1) is 35.0. The lowest BCUT2D eigenvalue weighted by Gasteiger charge is -2.42. The van der Waals surface area contributed by atoms with Gasteiger partial charge in [0.05, 0.1) is 47.8 Å². The molecule has 6 atom stereocenters. The lowest BCUT2D eigenvalue weighted by Crippen LogP contribution is -2.52. The van der Waals surface area contributed by atoms with E-state index in [9.17, 15) is 34.8 Å². The molecule has 3 aliphatic rings. The lowest BCUT2D eigenvalue weighted by atomic mass is 9.71. The van der Waals surface area contributed by atoms with E-state index >= 15 is 0 Å². The zero-order valence-electron chi connectivity index (χ0n) is 26.3. The van der Waals surface area contributed by atoms with E-state index in [0.717, 1.165) is 0 Å². The number of phenols is 2. The predicted molar refractivity (Wildman–Crippen MR) is 174 cm³/mol. The van der Waals surface area contributed by atoms with Crippen LogP contribution in [0, 0.1) is 0 Å². The predicted octanol–water partition coefficient (Wildman–Crippen LogP) is 2.67. The molecule has 254 valence electrons. The number of hydrogen-bond donors (Lipinski definition) is 6. The van der Waals surface area contributed by atoms with Crippen LogP contribution in [0.2, 0.25) is 0 Å². The largest absolute Gasteiger partial charge is 0.507 e. The first-order valence-corrected chi connectivity index (χ1v) is 15.1. The van der Waals surface area contributed by atoms with Crippen molar-refractivity contribution >= 4 is 35.6 Å². The number of hydrogen-bond acceptors (Lipinski definition) is 12. The monoisotopic (exact) mass is 681 g/mol. The molecule has 0 unspecified atom stereocenters. The first-order chi connectivity index (χ1) is 22.4. The molecule has 0 radical (unpaired) electrons. The molecule has 0 aromatic heterocycles. The maximum atomic E-state index is 13.9. The Labute approximate surface area is 281 Å². The highest BCUT2D eigenvalue weighted by Crippen LogP contribution is 2.52. The minimum Gasteiger partial charge on any atom is -0.507 e. The molecule has 14 heteroatoms. The number of nitrogens with two attached hydrogens (primary N) is 1. The molecular formula is C34H36ClN3O10. The van der Waals surface area contributed by atoms with Crippen LogP contribution >= 0.6 is 12.4 Å². The topological polar surface area (TPSA) is 210 Å². The van der Waals surface area contributed by atoms with Crippen LogP contribution in [0.3, 0.4) is 0 Å². The van der Waals surface area contributed by atoms with E-state index in [1.165, 1.54) is 32.2 Å². The van der Waals surface area contributed by atoms with E-state index in [0.29, 0.717) is 5.56 Å². The number of amides is 1. The molecule has 1 amide bonds. The normalized spacial score (nSPS) is 26.5. The van der Waals surface area contributed by atoms with Crippen molar-refractivity contribution in [1.82, 2.24) is 5.43 Å². The Morgan fingerprint density at radius 3 is 2.40 bits per heavy atom. The summed E-state index contributed by atoms with van der Waals surface area (Å²) in [6, 6.07) is 12.1. The fraction of sp³-hybridized carbons (Fsp3) is 0.353. The average molecular weight is 682 g/mol. The number of aromatic hydroxyl groups is 2. The Bertz CT molecular complexity index is 1800. The number of nitrogens with zero attached hydrogens (tertiary/aromatic N) is 1. The van der Waals surface area contributed by atoms with Crippen molar-refractivity contribution in [3.63, 3.8) is 0 Å². The van der Waals surface area contributed by atoms with Crippen molar-refractivity contribution in [1.29, 1.82) is 0 Å². The number of benzene rings is 3. The van der Waals surface area contributed by atoms with Gasteiger partial charge in [-0.05, 0) is 32.0 Å². The van der Waals surface area contributed by atoms with E-state index in [1.807, 2.05) is 0 Å². The highest BCUT2D eigenvalue weighted by Gasteiger charge is 2.49. The van der Waals surface area contributed by atoms with Crippen LogP contribution in [0.4, 0.5) is 0 Å². The fourth-order valence-corrected chi connectivity index (χ4v) is 6.56. The molecule has 0 spiro atoms. The van der Waals surface area contributed by atoms with Gasteiger partial charge in [0.25, 0.3) is 5.91 Å². The highest BCUT2D eigenvalue weighted by molar-refractivity contribution is 6.31. The Morgan fingerprint density at radius 1 is 1.04 bits per heavy atom. The van der Waals surface area contributed by atoms with Gasteiger partial charge in [-0.2, -0.15) is 5.10 Å². The number of fused-ring (bicyclic) bond motifs is 3. The van der Waals surface area contributed by atoms with E-state index in [4.69, 9.17) is 19.9 Å². The maximum absolute atomic E-state index is 13.9. The summed E-state index contributed by atoms with van der Waals surface area (Å²) in [5, 5.41) is 50.0. The third kappa shape index (κ3) is 5.82. The minimum atomic E-state index is -1.88. The number of ketones is 2. The van der Waals surface area contributed by atoms with Crippen molar-refractivity contribution in [3.8, 4) is 17.2 Å². The molecular weight excluding hydrogens is 646 g/mol. The fourth-order valence-electron chi connectivity index (χ4n) is 6.56. The van der Waals surface area contributed by atoms with Gasteiger partial charge in [0.2, 0.25) is 5.78 Å². The van der Waals surface area contributed by atoms with Crippen molar-refractivity contribution in [2.24, 2.45) is 10.8 Å². The Hall–Kier alpha value is -4.37. The minimum absolute atomic E-state index is 0. The van der Waals surface area contributed by atoms with Gasteiger partial charge in [-0.1, -0.05) is 30.3 Å². The van der Waals surface area contributed by atoms with E-state index < -0.39 is 76.3 Å². The van der Waals surface area contributed by atoms with Crippen LogP contribution in [0.5, 0.6) is 17.2 Å². The van der Waals surface area contributed by atoms with Crippen LogP contribution in [0.1, 0.15) is 86.1 Å². The molecule has 48 heavy (non-hydrogen) atoms. The van der Waals surface area contributed by atoms with Gasteiger partial charge < -0.3 is 40.4 Å². The van der Waals surface area contributed by atoms with Crippen molar-refractivity contribution < 1.29 is 49.0 Å². The molecule has 1 aliphatic heterocycles. The summed E-state index contributed by atoms with van der Waals surface area (Å²) in [4.78, 5) is 40.4. The van der Waals surface area contributed by atoms with Gasteiger partial charge in [0, 0.05) is 47.6 Å². The van der Waals surface area contributed by atoms with Gasteiger partial charge in [-0.25, -0.2) is 5.43 Å². The van der Waals surface area contributed by atoms with Crippen LogP contribution < -0.4 is 15.9 Å². The summed E-state index contributed by atoms with van der Waals surface area (Å²) in [5.41, 5.74) is 6.04. The molecule has 1 fully saturated rings. The average Bonchev–Trinajstić information content (AvgIpc) is 3.06. The molecule has 3 aromatic carbocycles. The zero-order chi connectivity index (χ0) is 33.8. The second-order valence-corrected chi connectivity index (χ2v) is 12.1. The summed E-state index contributed by atoms with van der Waals surface area (Å²) < 4.78 is 17.5. The van der Waals surface area contributed by atoms with Crippen LogP contribution in [0.25, 0.3) is 0 Å². The Morgan fingerprint density at radius 2 is 1.73 bits per heavy atom. The number of carbonyl (C=O) groups is 3. The SMILES string of the molecule is COc1cccc2c1C(=O)c1c(O)c3c(c(O)c1C2=O)C[C@@](O)(/C(C)=N/NC(=O)c1ccccc1)C[C@@H]3O[C@H]1C[C@H](N)[C@H](O)[C@H](C)O1.Cl. The number of hydrazone groups is 1. The molecule has 1 heterocycles. The van der Waals surface area contributed by atoms with Gasteiger partial charge in [-0.15, -0.1) is 12.4 Å². The van der Waals surface area contributed by atoms with Gasteiger partial charge in [0.15, 0.2) is 12.1 Å². The standard InChI is InChI=1S/C34H35N3O10.ClH/c1-15-28(38)20(35)12-23(46-15)47-22-14-34(44,16(2)36-37-33(43)17-8-5-4-6-9-17)13-19-25(22)32(42)27-26(30(19)40)29(39)18-10-7-11-21(45-3)24(18)31(27)41;/h4-11,15,20,22-23,28,38,40,42,44H,12-14,35H2,1-3H3,(H,37,43);1H/b36-16+;/t15-,20-,22-,23-,28+,34-;/m0./s1. The summed E-state index contributed by atoms with van der Waals surface area (Å²) >= 11 is 0. The number of methoxy groups -OCH3 is 1. The summed E-state index contributed by atoms with van der Waals surface area (Å²) in [5.74, 6) is -3.08. The number of rotatable bonds is 6. The number of nitrogens with one attached hydrogen (secondary N) is 1. The third-order valence-corrected chi connectivity index (χ3v) is 9.18. The van der Waals surface area contributed by atoms with Crippen LogP contribution in [0.15, 0.2) is 53.6 Å². The number of ether oxygens (including phenoxy) is 3. The second kappa shape index (κ2) is 13.3. The number of phenolic OH excluding ortho intramolecular Hbond substituents is 2. The smallest absolute Gasteiger partial charge is 0.271 e. The zero-order valence-corrected chi connectivity index (χ0v) is 27.1. The summed E-state index contributed by atoms with van der Waals surface area (Å²) in [6.07, 6.45) is -4.51. The van der Waals surface area contributed by atoms with Gasteiger partial charge in [0.1, 0.15) is 22.8 Å². The third-order valence-electron chi connectivity index (χ3n) is 9.18. The summed E-state index contributed by atoms with van der Waals surface area (Å²) in [6.45, 7) is 3.09. The molecule has 7 N–H and O–H groups in total. The van der Waals surface area contributed by atoms with Crippen molar-refractivity contribution in [3.05, 3.63) is 87.5 Å². The molecule has 6 rings (SSSR count). The molecule has 3 aromatic rings. The van der Waals surface area contributed by atoms with Crippen molar-refractivity contribution in [2.75, 3.05) is 7.11 Å². The number of halogens is 1. The first-order valence-electron chi connectivity index (χ1n) is 15.1. The van der Waals surface area contributed by atoms with Crippen LogP contribution in [-0.4, -0.2) is 80.9 Å². The van der Waals surface area contributed by atoms with E-state index in [-0.39, 0.29) is 65.4 Å². The molecule has 1 saturated heterocycles. The quantitative estimate of drug-likeness (QED) is 0.0990. The van der Waals surface area contributed by atoms with E-state index in [1.54, 1.807) is 37.3 Å². The molecule has 2 aliphatic carbocycles. The van der Waals surface area contributed by atoms with Gasteiger partial charge in [-0.3, -0.25) is 14.4 Å². The number of aliphatic hydroxyl groups is 2. The maximum Gasteiger partial charge on any atom is 0.271 e. The lowest BCUT2D eigenvalue weighted by molar-refractivity contribution is -0.245. The van der Waals surface area contributed by atoms with Crippen LogP contribution in [-0.2, 0) is 15.9 Å². The number of aliphatic hydroxyl groups excluding tert-OH is 1. The second-order valence-electron chi connectivity index (χ2n) is 12.1. The molecule has 0 saturated carbocycles. The van der Waals surface area contributed by atoms with Crippen molar-refractivity contribution in [2.45, 2.75) is 69.4 Å². The highest BCUT2D eigenvalue weighted by atomic mass is 35.5. The number of carbonyl (C=O) groups excluding carboxylic acids is 3. The Balaban J connectivity index is 0.00000451. The molecule has 13 nitrogen and oxygen atoms in total. The van der Waals surface area contributed by atoms with Gasteiger partial charge >= 0.3 is 0 Å². The summed E-state index contributed by atoms with van der Waals surface area (Å²) in [7, 11) is 1.34. The van der Waals surface area contributed by atoms with E-state index in [2.05, 4.69) is 10.5 Å².